The quantitative estimate of drug-likeness (QED) is 0.883. The second kappa shape index (κ2) is 5.48. The molecule has 1 saturated heterocycles. The number of hydrogen-bond donors (Lipinski definition) is 1. The summed E-state index contributed by atoms with van der Waals surface area (Å²) in [5, 5.41) is 3.17. The van der Waals surface area contributed by atoms with Crippen LogP contribution in [0.5, 0.6) is 0 Å². The molecule has 1 heterocycles. The van der Waals surface area contributed by atoms with Crippen molar-refractivity contribution in [1.82, 2.24) is 0 Å². The summed E-state index contributed by atoms with van der Waals surface area (Å²) < 4.78 is 34.3. The van der Waals surface area contributed by atoms with Gasteiger partial charge in [-0.15, -0.1) is 0 Å². The lowest BCUT2D eigenvalue weighted by Crippen LogP contribution is -2.39. The molecule has 2 rings (SSSR count). The van der Waals surface area contributed by atoms with Gasteiger partial charge in [-0.25, -0.2) is 8.42 Å². The number of methoxy groups -OCH3 is 1. The van der Waals surface area contributed by atoms with Gasteiger partial charge in [0.2, 0.25) is 0 Å². The summed E-state index contributed by atoms with van der Waals surface area (Å²) in [7, 11) is -1.59. The van der Waals surface area contributed by atoms with Gasteiger partial charge in [-0.05, 0) is 12.1 Å². The molecule has 5 nitrogen and oxygen atoms in total. The first-order valence-corrected chi connectivity index (χ1v) is 8.02. The van der Waals surface area contributed by atoms with Gasteiger partial charge in [0.25, 0.3) is 0 Å². The average Bonchev–Trinajstić information content (AvgIpc) is 2.85. The van der Waals surface area contributed by atoms with Crippen LogP contribution in [0.4, 0.5) is 5.69 Å². The van der Waals surface area contributed by atoms with Crippen LogP contribution in [0.15, 0.2) is 29.2 Å². The van der Waals surface area contributed by atoms with Gasteiger partial charge in [-0.2, -0.15) is 0 Å². The number of rotatable bonds is 5. The molecular formula is C13H19NO4S. The fourth-order valence-corrected chi connectivity index (χ4v) is 3.02. The molecule has 0 aromatic heterocycles. The third kappa shape index (κ3) is 3.26. The van der Waals surface area contributed by atoms with Crippen molar-refractivity contribution in [1.29, 1.82) is 0 Å². The lowest BCUT2D eigenvalue weighted by atomic mass is 10.0. The molecule has 1 fully saturated rings. The monoisotopic (exact) mass is 285 g/mol. The first-order valence-electron chi connectivity index (χ1n) is 6.13. The highest BCUT2D eigenvalue weighted by atomic mass is 32.2. The molecule has 1 aromatic carbocycles. The maximum atomic E-state index is 11.7. The van der Waals surface area contributed by atoms with E-state index in [-0.39, 0.29) is 5.60 Å². The second-order valence-electron chi connectivity index (χ2n) is 4.81. The summed E-state index contributed by atoms with van der Waals surface area (Å²) >= 11 is 0. The highest BCUT2D eigenvalue weighted by molar-refractivity contribution is 7.90. The van der Waals surface area contributed by atoms with Gasteiger partial charge in [0, 0.05) is 32.9 Å². The molecule has 0 amide bonds. The number of sulfone groups is 1. The van der Waals surface area contributed by atoms with Crippen molar-refractivity contribution in [3.63, 3.8) is 0 Å². The average molecular weight is 285 g/mol. The van der Waals surface area contributed by atoms with E-state index in [1.807, 2.05) is 6.07 Å². The van der Waals surface area contributed by atoms with Crippen LogP contribution < -0.4 is 5.32 Å². The van der Waals surface area contributed by atoms with E-state index in [0.717, 1.165) is 6.42 Å². The van der Waals surface area contributed by atoms with Crippen molar-refractivity contribution in [2.24, 2.45) is 0 Å². The van der Waals surface area contributed by atoms with Crippen LogP contribution in [0, 0.1) is 0 Å². The molecule has 19 heavy (non-hydrogen) atoms. The van der Waals surface area contributed by atoms with Crippen LogP contribution >= 0.6 is 0 Å². The van der Waals surface area contributed by atoms with Crippen LogP contribution in [-0.4, -0.2) is 47.1 Å². The van der Waals surface area contributed by atoms with Crippen LogP contribution in [0.25, 0.3) is 0 Å². The van der Waals surface area contributed by atoms with E-state index in [1.54, 1.807) is 25.3 Å². The van der Waals surface area contributed by atoms with E-state index in [9.17, 15) is 8.42 Å². The largest absolute Gasteiger partial charge is 0.381 e. The predicted octanol–water partition coefficient (Wildman–Crippen LogP) is 1.31. The maximum absolute atomic E-state index is 11.7. The van der Waals surface area contributed by atoms with Crippen molar-refractivity contribution in [3.05, 3.63) is 24.3 Å². The van der Waals surface area contributed by atoms with Gasteiger partial charge in [0.1, 0.15) is 5.60 Å². The Kier molecular flexibility index (Phi) is 4.13. The molecule has 1 unspecified atom stereocenters. The van der Waals surface area contributed by atoms with Gasteiger partial charge < -0.3 is 14.8 Å². The zero-order chi connectivity index (χ0) is 13.9. The molecule has 1 atom stereocenters. The molecular weight excluding hydrogens is 266 g/mol. The number of hydrogen-bond acceptors (Lipinski definition) is 5. The summed E-state index contributed by atoms with van der Waals surface area (Å²) in [5.74, 6) is 0. The fourth-order valence-electron chi connectivity index (χ4n) is 2.15. The smallest absolute Gasteiger partial charge is 0.177 e. The summed E-state index contributed by atoms with van der Waals surface area (Å²) in [5.41, 5.74) is 0.235. The Bertz CT molecular complexity index is 535. The summed E-state index contributed by atoms with van der Waals surface area (Å²) in [6.07, 6.45) is 2.01. The van der Waals surface area contributed by atoms with E-state index in [2.05, 4.69) is 5.32 Å². The predicted molar refractivity (Wildman–Crippen MR) is 73.2 cm³/mol. The lowest BCUT2D eigenvalue weighted by molar-refractivity contribution is -0.00623. The molecule has 6 heteroatoms. The van der Waals surface area contributed by atoms with Crippen molar-refractivity contribution >= 4 is 15.5 Å². The standard InChI is InChI=1S/C13H19NO4S/c1-17-13(7-8-18-10-13)9-14-11-5-3-4-6-12(11)19(2,15)16/h3-6,14H,7-10H2,1-2H3. The molecule has 0 aliphatic carbocycles. The minimum Gasteiger partial charge on any atom is -0.381 e. The zero-order valence-electron chi connectivity index (χ0n) is 11.2. The SMILES string of the molecule is COC1(CNc2ccccc2S(C)(=O)=O)CCOC1. The van der Waals surface area contributed by atoms with Gasteiger partial charge in [0.15, 0.2) is 9.84 Å². The zero-order valence-corrected chi connectivity index (χ0v) is 12.0. The summed E-state index contributed by atoms with van der Waals surface area (Å²) in [4.78, 5) is 0.306. The Morgan fingerprint density at radius 1 is 1.42 bits per heavy atom. The van der Waals surface area contributed by atoms with Crippen molar-refractivity contribution in [2.75, 3.05) is 38.4 Å². The highest BCUT2D eigenvalue weighted by Gasteiger charge is 2.35. The molecule has 1 aromatic rings. The van der Waals surface area contributed by atoms with Gasteiger partial charge in [-0.1, -0.05) is 12.1 Å². The van der Waals surface area contributed by atoms with Gasteiger partial charge in [-0.3, -0.25) is 0 Å². The third-order valence-corrected chi connectivity index (χ3v) is 4.54. The number of nitrogens with one attached hydrogen (secondary N) is 1. The van der Waals surface area contributed by atoms with Crippen molar-refractivity contribution in [2.45, 2.75) is 16.9 Å². The van der Waals surface area contributed by atoms with Crippen LogP contribution in [0.1, 0.15) is 6.42 Å². The number of ether oxygens (including phenoxy) is 2. The molecule has 1 N–H and O–H groups in total. The molecule has 0 radical (unpaired) electrons. The molecule has 0 spiro atoms. The van der Waals surface area contributed by atoms with Crippen LogP contribution in [0.2, 0.25) is 0 Å². The van der Waals surface area contributed by atoms with Crippen molar-refractivity contribution < 1.29 is 17.9 Å². The normalized spacial score (nSPS) is 23.5. The Labute approximate surface area is 113 Å². The van der Waals surface area contributed by atoms with Crippen molar-refractivity contribution in [3.8, 4) is 0 Å². The molecule has 0 bridgehead atoms. The van der Waals surface area contributed by atoms with E-state index in [0.29, 0.717) is 30.3 Å². The minimum absolute atomic E-state index is 0.306. The first-order chi connectivity index (χ1) is 8.97. The molecule has 106 valence electrons. The molecule has 1 aliphatic rings. The number of anilines is 1. The Balaban J connectivity index is 2.16. The number of para-hydroxylation sites is 1. The molecule has 0 saturated carbocycles. The van der Waals surface area contributed by atoms with E-state index in [4.69, 9.17) is 9.47 Å². The maximum Gasteiger partial charge on any atom is 0.177 e. The van der Waals surface area contributed by atoms with Crippen LogP contribution in [-0.2, 0) is 19.3 Å². The van der Waals surface area contributed by atoms with Crippen LogP contribution in [0.3, 0.4) is 0 Å². The molecule has 1 aliphatic heterocycles. The van der Waals surface area contributed by atoms with Gasteiger partial charge in [0.05, 0.1) is 17.2 Å². The van der Waals surface area contributed by atoms with E-state index >= 15 is 0 Å². The summed E-state index contributed by atoms with van der Waals surface area (Å²) in [6.45, 7) is 1.72. The second-order valence-corrected chi connectivity index (χ2v) is 6.80. The third-order valence-electron chi connectivity index (χ3n) is 3.39. The fraction of sp³-hybridized carbons (Fsp3) is 0.538. The van der Waals surface area contributed by atoms with E-state index < -0.39 is 9.84 Å². The summed E-state index contributed by atoms with van der Waals surface area (Å²) in [6, 6.07) is 6.88. The minimum atomic E-state index is -3.24. The first kappa shape index (κ1) is 14.3. The highest BCUT2D eigenvalue weighted by Crippen LogP contribution is 2.26. The number of benzene rings is 1. The Morgan fingerprint density at radius 3 is 2.74 bits per heavy atom. The Morgan fingerprint density at radius 2 is 2.16 bits per heavy atom. The lowest BCUT2D eigenvalue weighted by Gasteiger charge is -2.26. The topological polar surface area (TPSA) is 64.6 Å². The Hall–Kier alpha value is -1.11. The van der Waals surface area contributed by atoms with E-state index in [1.165, 1.54) is 6.26 Å². The van der Waals surface area contributed by atoms with Gasteiger partial charge >= 0.3 is 0 Å².